The molecule has 0 spiro atoms. The maximum Gasteiger partial charge on any atom is 0.328 e. The molecule has 7 aromatic carbocycles. The fraction of sp³-hybridized carbons (Fsp3) is 0.0435. The minimum absolute atomic E-state index is 0.0441. The fourth-order valence-electron chi connectivity index (χ4n) is 7.53. The molecule has 3 aromatic heterocycles. The molecule has 0 N–H and O–H groups in total. The van der Waals surface area contributed by atoms with Crippen molar-refractivity contribution in [1.29, 1.82) is 0 Å². The molecule has 0 bridgehead atoms. The highest BCUT2D eigenvalue weighted by atomic mass is 16.3. The lowest BCUT2D eigenvalue weighted by molar-refractivity contribution is 0.673. The molecule has 0 aliphatic rings. The lowest BCUT2D eigenvalue weighted by Gasteiger charge is -2.13. The van der Waals surface area contributed by atoms with E-state index in [1.165, 1.54) is 0 Å². The number of aromatic nitrogens is 5. The molecular formula is C46H31N5O2. The SMILES string of the molecule is Cn1c(=O)n(C)c2cc(-c3ccc(-c4nc(-c5ccccc5)nc(-c5ccccc5-c5cccc6oc7c8ccccc8ccc7c56)n4)cc3)ccc21. The summed E-state index contributed by atoms with van der Waals surface area (Å²) in [6, 6.07) is 51.5. The first kappa shape index (κ1) is 30.7. The first-order valence-electron chi connectivity index (χ1n) is 17.5. The van der Waals surface area contributed by atoms with E-state index in [1.807, 2.05) is 66.7 Å². The van der Waals surface area contributed by atoms with Gasteiger partial charge >= 0.3 is 5.69 Å². The van der Waals surface area contributed by atoms with Crippen LogP contribution in [0.4, 0.5) is 0 Å². The highest BCUT2D eigenvalue weighted by Gasteiger charge is 2.20. The molecule has 0 saturated carbocycles. The van der Waals surface area contributed by atoms with Gasteiger partial charge < -0.3 is 4.42 Å². The van der Waals surface area contributed by atoms with Crippen molar-refractivity contribution in [2.75, 3.05) is 0 Å². The number of hydrogen-bond acceptors (Lipinski definition) is 5. The molecular weight excluding hydrogens is 655 g/mol. The van der Waals surface area contributed by atoms with Crippen molar-refractivity contribution in [2.45, 2.75) is 0 Å². The Morgan fingerprint density at radius 1 is 0.472 bits per heavy atom. The minimum Gasteiger partial charge on any atom is -0.455 e. The minimum atomic E-state index is -0.0441. The first-order chi connectivity index (χ1) is 26.0. The Morgan fingerprint density at radius 3 is 1.91 bits per heavy atom. The van der Waals surface area contributed by atoms with Crippen LogP contribution in [0.5, 0.6) is 0 Å². The largest absolute Gasteiger partial charge is 0.455 e. The fourth-order valence-corrected chi connectivity index (χ4v) is 7.53. The highest BCUT2D eigenvalue weighted by molar-refractivity contribution is 6.19. The average Bonchev–Trinajstić information content (AvgIpc) is 3.72. The summed E-state index contributed by atoms with van der Waals surface area (Å²) in [5, 5.41) is 4.36. The molecule has 0 amide bonds. The molecule has 10 aromatic rings. The van der Waals surface area contributed by atoms with Gasteiger partial charge in [-0.2, -0.15) is 0 Å². The Kier molecular flexibility index (Phi) is 6.94. The topological polar surface area (TPSA) is 78.7 Å². The van der Waals surface area contributed by atoms with Crippen LogP contribution in [-0.2, 0) is 14.1 Å². The number of nitrogens with zero attached hydrogens (tertiary/aromatic N) is 5. The van der Waals surface area contributed by atoms with Crippen molar-refractivity contribution < 1.29 is 4.42 Å². The number of rotatable bonds is 5. The summed E-state index contributed by atoms with van der Waals surface area (Å²) in [4.78, 5) is 27.8. The molecule has 0 atom stereocenters. The van der Waals surface area contributed by atoms with Gasteiger partial charge in [-0.15, -0.1) is 0 Å². The van der Waals surface area contributed by atoms with Crippen molar-refractivity contribution in [3.63, 3.8) is 0 Å². The van der Waals surface area contributed by atoms with E-state index in [9.17, 15) is 4.79 Å². The number of fused-ring (bicyclic) bond motifs is 6. The van der Waals surface area contributed by atoms with Crippen molar-refractivity contribution in [2.24, 2.45) is 14.1 Å². The number of aryl methyl sites for hydroxylation is 2. The predicted octanol–water partition coefficient (Wildman–Crippen LogP) is 10.4. The van der Waals surface area contributed by atoms with Crippen molar-refractivity contribution in [1.82, 2.24) is 24.1 Å². The van der Waals surface area contributed by atoms with Crippen LogP contribution < -0.4 is 5.69 Å². The van der Waals surface area contributed by atoms with Crippen molar-refractivity contribution >= 4 is 43.7 Å². The summed E-state index contributed by atoms with van der Waals surface area (Å²) in [7, 11) is 3.60. The van der Waals surface area contributed by atoms with Crippen molar-refractivity contribution in [3.05, 3.63) is 162 Å². The standard InChI is InChI=1S/C46H31N5O2/c1-50-38-26-24-32(27-39(38)51(2)46(50)52)28-19-21-31(22-20-28)44-47-43(30-12-4-3-5-13-30)48-45(49-44)36-16-9-8-15-34(36)35-17-10-18-40-41(35)37-25-23-29-11-6-7-14-33(29)42(37)53-40/h3-27H,1-2H3. The molecule has 3 heterocycles. The monoisotopic (exact) mass is 685 g/mol. The van der Waals surface area contributed by atoms with E-state index >= 15 is 0 Å². The normalized spacial score (nSPS) is 11.7. The third-order valence-corrected chi connectivity index (χ3v) is 10.3. The second-order valence-electron chi connectivity index (χ2n) is 13.3. The summed E-state index contributed by atoms with van der Waals surface area (Å²) in [6.45, 7) is 0. The zero-order valence-corrected chi connectivity index (χ0v) is 29.0. The lowest BCUT2D eigenvalue weighted by atomic mass is 9.94. The summed E-state index contributed by atoms with van der Waals surface area (Å²) in [5.41, 5.74) is 10.2. The Hall–Kier alpha value is -7.12. The summed E-state index contributed by atoms with van der Waals surface area (Å²) < 4.78 is 9.89. The summed E-state index contributed by atoms with van der Waals surface area (Å²) in [6.07, 6.45) is 0. The van der Waals surface area contributed by atoms with Crippen LogP contribution in [0, 0.1) is 0 Å². The van der Waals surface area contributed by atoms with Gasteiger partial charge in [0.25, 0.3) is 0 Å². The second-order valence-corrected chi connectivity index (χ2v) is 13.3. The average molecular weight is 686 g/mol. The Balaban J connectivity index is 1.12. The zero-order valence-electron chi connectivity index (χ0n) is 29.0. The van der Waals surface area contributed by atoms with Gasteiger partial charge in [-0.1, -0.05) is 127 Å². The van der Waals surface area contributed by atoms with E-state index in [-0.39, 0.29) is 5.69 Å². The van der Waals surface area contributed by atoms with Gasteiger partial charge in [0.15, 0.2) is 17.5 Å². The van der Waals surface area contributed by atoms with E-state index in [2.05, 4.69) is 84.9 Å². The number of furan rings is 1. The molecule has 0 saturated heterocycles. The van der Waals surface area contributed by atoms with Crippen LogP contribution in [0.3, 0.4) is 0 Å². The Bertz CT molecular complexity index is 3100. The molecule has 7 heteroatoms. The van der Waals surface area contributed by atoms with Gasteiger partial charge in [-0.25, -0.2) is 19.7 Å². The number of imidazole rings is 1. The molecule has 0 unspecified atom stereocenters. The van der Waals surface area contributed by atoms with E-state index < -0.39 is 0 Å². The van der Waals surface area contributed by atoms with E-state index in [1.54, 1.807) is 23.2 Å². The van der Waals surface area contributed by atoms with Crippen LogP contribution in [0.15, 0.2) is 161 Å². The van der Waals surface area contributed by atoms with Gasteiger partial charge in [-0.3, -0.25) is 9.13 Å². The van der Waals surface area contributed by atoms with E-state index in [0.717, 1.165) is 82.7 Å². The first-order valence-corrected chi connectivity index (χ1v) is 17.5. The van der Waals surface area contributed by atoms with Crippen LogP contribution in [0.2, 0.25) is 0 Å². The smallest absolute Gasteiger partial charge is 0.328 e. The quantitative estimate of drug-likeness (QED) is 0.180. The predicted molar refractivity (Wildman–Crippen MR) is 214 cm³/mol. The maximum absolute atomic E-state index is 12.5. The second kappa shape index (κ2) is 12.0. The van der Waals surface area contributed by atoms with Crippen LogP contribution in [0.25, 0.3) is 100 Å². The molecule has 0 radical (unpaired) electrons. The van der Waals surface area contributed by atoms with Gasteiger partial charge in [0, 0.05) is 46.9 Å². The molecule has 10 rings (SSSR count). The number of benzene rings is 7. The summed E-state index contributed by atoms with van der Waals surface area (Å²) >= 11 is 0. The third-order valence-electron chi connectivity index (χ3n) is 10.3. The molecule has 252 valence electrons. The molecule has 0 fully saturated rings. The third kappa shape index (κ3) is 4.97. The number of hydrogen-bond donors (Lipinski definition) is 0. The van der Waals surface area contributed by atoms with Crippen LogP contribution >= 0.6 is 0 Å². The zero-order chi connectivity index (χ0) is 35.6. The van der Waals surface area contributed by atoms with Gasteiger partial charge in [0.2, 0.25) is 0 Å². The Labute approximate surface area is 304 Å². The maximum atomic E-state index is 12.5. The molecule has 53 heavy (non-hydrogen) atoms. The van der Waals surface area contributed by atoms with Gasteiger partial charge in [0.05, 0.1) is 11.0 Å². The Morgan fingerprint density at radius 2 is 1.09 bits per heavy atom. The van der Waals surface area contributed by atoms with Crippen LogP contribution in [0.1, 0.15) is 0 Å². The van der Waals surface area contributed by atoms with Crippen LogP contribution in [-0.4, -0.2) is 24.1 Å². The molecule has 0 aliphatic heterocycles. The van der Waals surface area contributed by atoms with E-state index in [4.69, 9.17) is 19.4 Å². The van der Waals surface area contributed by atoms with Gasteiger partial charge in [-0.05, 0) is 51.9 Å². The molecule has 0 aliphatic carbocycles. The highest BCUT2D eigenvalue weighted by Crippen LogP contribution is 2.42. The summed E-state index contributed by atoms with van der Waals surface area (Å²) in [5.74, 6) is 1.76. The van der Waals surface area contributed by atoms with Crippen molar-refractivity contribution in [3.8, 4) is 56.4 Å². The van der Waals surface area contributed by atoms with Gasteiger partial charge in [0.1, 0.15) is 11.2 Å². The molecule has 7 nitrogen and oxygen atoms in total. The lowest BCUT2D eigenvalue weighted by Crippen LogP contribution is -2.19. The van der Waals surface area contributed by atoms with E-state index in [0.29, 0.717) is 17.5 Å².